The van der Waals surface area contributed by atoms with Crippen LogP contribution in [0.5, 0.6) is 11.5 Å². The zero-order valence-electron chi connectivity index (χ0n) is 10.6. The molecule has 102 valence electrons. The zero-order valence-corrected chi connectivity index (χ0v) is 10.6. The molecule has 2 aromatic rings. The summed E-state index contributed by atoms with van der Waals surface area (Å²) in [7, 11) is 0. The molecule has 5 heteroatoms. The van der Waals surface area contributed by atoms with E-state index in [2.05, 4.69) is 5.32 Å². The number of benzene rings is 2. The van der Waals surface area contributed by atoms with E-state index < -0.39 is 5.97 Å². The van der Waals surface area contributed by atoms with Crippen molar-refractivity contribution in [2.24, 2.45) is 0 Å². The van der Waals surface area contributed by atoms with Gasteiger partial charge in [-0.25, -0.2) is 4.79 Å². The fourth-order valence-electron chi connectivity index (χ4n) is 2.02. The predicted octanol–water partition coefficient (Wildman–Crippen LogP) is 2.73. The SMILES string of the molecule is O=C(O)c1cccc(CNc2ccc3c(c2)OCO3)c1. The van der Waals surface area contributed by atoms with Gasteiger partial charge in [0.2, 0.25) is 6.79 Å². The molecule has 0 aromatic heterocycles. The highest BCUT2D eigenvalue weighted by Gasteiger charge is 2.13. The maximum Gasteiger partial charge on any atom is 0.335 e. The lowest BCUT2D eigenvalue weighted by atomic mass is 10.1. The quantitative estimate of drug-likeness (QED) is 0.895. The highest BCUT2D eigenvalue weighted by molar-refractivity contribution is 5.87. The van der Waals surface area contributed by atoms with E-state index >= 15 is 0 Å². The van der Waals surface area contributed by atoms with E-state index in [0.717, 1.165) is 17.0 Å². The van der Waals surface area contributed by atoms with Crippen LogP contribution in [-0.4, -0.2) is 17.9 Å². The molecule has 2 aromatic carbocycles. The van der Waals surface area contributed by atoms with Crippen molar-refractivity contribution in [3.63, 3.8) is 0 Å². The summed E-state index contributed by atoms with van der Waals surface area (Å²) in [4.78, 5) is 10.9. The van der Waals surface area contributed by atoms with Crippen LogP contribution in [0.15, 0.2) is 42.5 Å². The van der Waals surface area contributed by atoms with Crippen molar-refractivity contribution in [1.29, 1.82) is 0 Å². The summed E-state index contributed by atoms with van der Waals surface area (Å²) in [6, 6.07) is 12.5. The van der Waals surface area contributed by atoms with E-state index in [9.17, 15) is 4.79 Å². The number of anilines is 1. The number of carboxylic acids is 1. The predicted molar refractivity (Wildman–Crippen MR) is 73.3 cm³/mol. The van der Waals surface area contributed by atoms with Crippen molar-refractivity contribution < 1.29 is 19.4 Å². The van der Waals surface area contributed by atoms with Crippen LogP contribution in [0, 0.1) is 0 Å². The van der Waals surface area contributed by atoms with Gasteiger partial charge in [-0.1, -0.05) is 12.1 Å². The molecule has 0 atom stereocenters. The molecule has 0 saturated heterocycles. The van der Waals surface area contributed by atoms with Crippen LogP contribution in [0.3, 0.4) is 0 Å². The van der Waals surface area contributed by atoms with E-state index in [1.807, 2.05) is 24.3 Å². The Morgan fingerprint density at radius 2 is 2.00 bits per heavy atom. The molecule has 2 N–H and O–H groups in total. The lowest BCUT2D eigenvalue weighted by Gasteiger charge is -2.08. The van der Waals surface area contributed by atoms with E-state index in [-0.39, 0.29) is 12.4 Å². The fraction of sp³-hybridized carbons (Fsp3) is 0.133. The summed E-state index contributed by atoms with van der Waals surface area (Å²) in [5.41, 5.74) is 2.09. The molecule has 0 aliphatic carbocycles. The highest BCUT2D eigenvalue weighted by atomic mass is 16.7. The Labute approximate surface area is 115 Å². The van der Waals surface area contributed by atoms with Gasteiger partial charge in [0.05, 0.1) is 5.56 Å². The molecule has 1 heterocycles. The monoisotopic (exact) mass is 271 g/mol. The second-order valence-electron chi connectivity index (χ2n) is 4.43. The second-order valence-corrected chi connectivity index (χ2v) is 4.43. The molecular formula is C15H13NO4. The molecule has 5 nitrogen and oxygen atoms in total. The van der Waals surface area contributed by atoms with Crippen LogP contribution < -0.4 is 14.8 Å². The first-order valence-electron chi connectivity index (χ1n) is 6.18. The third kappa shape index (κ3) is 2.51. The Kier molecular flexibility index (Phi) is 3.16. The molecule has 0 fully saturated rings. The smallest absolute Gasteiger partial charge is 0.335 e. The van der Waals surface area contributed by atoms with Crippen LogP contribution in [0.2, 0.25) is 0 Å². The number of nitrogens with one attached hydrogen (secondary N) is 1. The van der Waals surface area contributed by atoms with Crippen LogP contribution in [0.1, 0.15) is 15.9 Å². The Morgan fingerprint density at radius 1 is 1.15 bits per heavy atom. The number of hydrogen-bond acceptors (Lipinski definition) is 4. The van der Waals surface area contributed by atoms with Gasteiger partial charge in [0, 0.05) is 18.3 Å². The van der Waals surface area contributed by atoms with E-state index in [1.54, 1.807) is 18.2 Å². The Hall–Kier alpha value is -2.69. The van der Waals surface area contributed by atoms with Gasteiger partial charge in [-0.15, -0.1) is 0 Å². The number of ether oxygens (including phenoxy) is 2. The van der Waals surface area contributed by atoms with Gasteiger partial charge in [-0.05, 0) is 29.8 Å². The van der Waals surface area contributed by atoms with Gasteiger partial charge < -0.3 is 19.9 Å². The van der Waals surface area contributed by atoms with E-state index in [0.29, 0.717) is 12.3 Å². The molecule has 1 aliphatic rings. The molecule has 1 aliphatic heterocycles. The normalized spacial score (nSPS) is 12.2. The van der Waals surface area contributed by atoms with E-state index in [1.165, 1.54) is 0 Å². The zero-order chi connectivity index (χ0) is 13.9. The topological polar surface area (TPSA) is 67.8 Å². The van der Waals surface area contributed by atoms with Gasteiger partial charge in [0.25, 0.3) is 0 Å². The van der Waals surface area contributed by atoms with Crippen molar-refractivity contribution in [3.8, 4) is 11.5 Å². The number of carbonyl (C=O) groups is 1. The molecular weight excluding hydrogens is 258 g/mol. The van der Waals surface area contributed by atoms with Gasteiger partial charge in [-0.2, -0.15) is 0 Å². The minimum Gasteiger partial charge on any atom is -0.478 e. The number of carboxylic acid groups (broad SMARTS) is 1. The summed E-state index contributed by atoms with van der Waals surface area (Å²) in [5.74, 6) is 0.535. The Balaban J connectivity index is 1.70. The number of aromatic carboxylic acids is 1. The first-order valence-corrected chi connectivity index (χ1v) is 6.18. The molecule has 0 saturated carbocycles. The molecule has 0 unspecified atom stereocenters. The highest BCUT2D eigenvalue weighted by Crippen LogP contribution is 2.34. The van der Waals surface area contributed by atoms with Crippen LogP contribution in [-0.2, 0) is 6.54 Å². The van der Waals surface area contributed by atoms with Gasteiger partial charge in [-0.3, -0.25) is 0 Å². The third-order valence-corrected chi connectivity index (χ3v) is 3.04. The average Bonchev–Trinajstić information content (AvgIpc) is 2.93. The lowest BCUT2D eigenvalue weighted by Crippen LogP contribution is -2.02. The first-order chi connectivity index (χ1) is 9.72. The molecule has 20 heavy (non-hydrogen) atoms. The van der Waals surface area contributed by atoms with Gasteiger partial charge in [0.15, 0.2) is 11.5 Å². The summed E-state index contributed by atoms with van der Waals surface area (Å²) in [5, 5.41) is 12.2. The van der Waals surface area contributed by atoms with Crippen molar-refractivity contribution in [3.05, 3.63) is 53.6 Å². The summed E-state index contributed by atoms with van der Waals surface area (Å²) in [6.45, 7) is 0.792. The van der Waals surface area contributed by atoms with Gasteiger partial charge >= 0.3 is 5.97 Å². The van der Waals surface area contributed by atoms with Crippen molar-refractivity contribution in [2.75, 3.05) is 12.1 Å². The Bertz CT molecular complexity index is 654. The van der Waals surface area contributed by atoms with Crippen molar-refractivity contribution in [1.82, 2.24) is 0 Å². The Morgan fingerprint density at radius 3 is 2.85 bits per heavy atom. The first kappa shape index (κ1) is 12.3. The van der Waals surface area contributed by atoms with E-state index in [4.69, 9.17) is 14.6 Å². The molecule has 0 spiro atoms. The standard InChI is InChI=1S/C15H13NO4/c17-15(18)11-3-1-2-10(6-11)8-16-12-4-5-13-14(7-12)20-9-19-13/h1-7,16H,8-9H2,(H,17,18). The minimum atomic E-state index is -0.921. The molecule has 0 radical (unpaired) electrons. The number of hydrogen-bond donors (Lipinski definition) is 2. The molecule has 3 rings (SSSR count). The number of fused-ring (bicyclic) bond motifs is 1. The van der Waals surface area contributed by atoms with Crippen molar-refractivity contribution in [2.45, 2.75) is 6.54 Å². The average molecular weight is 271 g/mol. The largest absolute Gasteiger partial charge is 0.478 e. The van der Waals surface area contributed by atoms with Crippen molar-refractivity contribution >= 4 is 11.7 Å². The molecule has 0 amide bonds. The lowest BCUT2D eigenvalue weighted by molar-refractivity contribution is 0.0696. The minimum absolute atomic E-state index is 0.249. The van der Waals surface area contributed by atoms with Crippen LogP contribution in [0.25, 0.3) is 0 Å². The summed E-state index contributed by atoms with van der Waals surface area (Å²) >= 11 is 0. The maximum absolute atomic E-state index is 10.9. The molecule has 0 bridgehead atoms. The summed E-state index contributed by atoms with van der Waals surface area (Å²) < 4.78 is 10.5. The number of rotatable bonds is 4. The van der Waals surface area contributed by atoms with Crippen LogP contribution >= 0.6 is 0 Å². The van der Waals surface area contributed by atoms with Crippen LogP contribution in [0.4, 0.5) is 5.69 Å². The maximum atomic E-state index is 10.9. The second kappa shape index (κ2) is 5.13. The fourth-order valence-corrected chi connectivity index (χ4v) is 2.02. The third-order valence-electron chi connectivity index (χ3n) is 3.04. The van der Waals surface area contributed by atoms with Gasteiger partial charge in [0.1, 0.15) is 0 Å². The summed E-state index contributed by atoms with van der Waals surface area (Å²) in [6.07, 6.45) is 0.